The summed E-state index contributed by atoms with van der Waals surface area (Å²) in [5, 5.41) is 23.3. The number of carbonyl (C=O) groups excluding carboxylic acids is 2. The molecule has 2 atom stereocenters. The third-order valence-corrected chi connectivity index (χ3v) is 18.0. The van der Waals surface area contributed by atoms with Gasteiger partial charge < -0.3 is 20.3 Å². The van der Waals surface area contributed by atoms with Crippen LogP contribution in [-0.2, 0) is 14.3 Å². The molecule has 0 aromatic carbocycles. The Balaban J connectivity index is 3.38. The lowest BCUT2D eigenvalue weighted by Crippen LogP contribution is -2.45. The van der Waals surface area contributed by atoms with Gasteiger partial charge in [0.25, 0.3) is 0 Å². The SMILES string of the molecule is CCCCCCCCCCCCCCCCCCCCC/C=C/C(O)C(CO)NC(=O)CCCCCCCCCCCCCCCCC/C=C\CCCCCCCCCCCCCCOC(=O)CCCCCCCCCCCCCCCC. The third kappa shape index (κ3) is 69.3. The Morgan fingerprint density at radius 1 is 0.325 bits per heavy atom. The molecular formula is C77H149NO5. The van der Waals surface area contributed by atoms with Crippen LogP contribution >= 0.6 is 0 Å². The third-order valence-electron chi connectivity index (χ3n) is 18.0. The first kappa shape index (κ1) is 81.3. The molecule has 0 aliphatic heterocycles. The fourth-order valence-electron chi connectivity index (χ4n) is 12.2. The van der Waals surface area contributed by atoms with Gasteiger partial charge in [-0.1, -0.05) is 385 Å². The molecule has 1 amide bonds. The number of aliphatic hydroxyl groups is 2. The van der Waals surface area contributed by atoms with Gasteiger partial charge >= 0.3 is 5.97 Å². The number of hydrogen-bond donors (Lipinski definition) is 3. The van der Waals surface area contributed by atoms with Crippen LogP contribution in [0.15, 0.2) is 24.3 Å². The zero-order valence-electron chi connectivity index (χ0n) is 56.5. The highest BCUT2D eigenvalue weighted by Gasteiger charge is 2.18. The molecule has 6 heteroatoms. The largest absolute Gasteiger partial charge is 0.466 e. The van der Waals surface area contributed by atoms with Gasteiger partial charge in [0.2, 0.25) is 5.91 Å². The van der Waals surface area contributed by atoms with Crippen molar-refractivity contribution in [3.63, 3.8) is 0 Å². The lowest BCUT2D eigenvalue weighted by molar-refractivity contribution is -0.143. The van der Waals surface area contributed by atoms with Crippen molar-refractivity contribution < 1.29 is 24.5 Å². The van der Waals surface area contributed by atoms with E-state index in [1.165, 1.54) is 366 Å². The molecule has 2 unspecified atom stereocenters. The van der Waals surface area contributed by atoms with Crippen LogP contribution in [0.1, 0.15) is 431 Å². The van der Waals surface area contributed by atoms with Crippen LogP contribution in [0.5, 0.6) is 0 Å². The molecule has 0 saturated carbocycles. The fraction of sp³-hybridized carbons (Fsp3) is 0.922. The predicted octanol–water partition coefficient (Wildman–Crippen LogP) is 24.9. The van der Waals surface area contributed by atoms with Crippen molar-refractivity contribution >= 4 is 11.9 Å². The minimum absolute atomic E-state index is 0.0205. The van der Waals surface area contributed by atoms with Gasteiger partial charge in [0, 0.05) is 12.8 Å². The van der Waals surface area contributed by atoms with E-state index in [2.05, 4.69) is 31.3 Å². The Bertz CT molecular complexity index is 1300. The number of aliphatic hydroxyl groups excluding tert-OH is 2. The number of allylic oxidation sites excluding steroid dienone is 3. The van der Waals surface area contributed by atoms with Gasteiger partial charge in [-0.05, 0) is 57.8 Å². The van der Waals surface area contributed by atoms with Crippen molar-refractivity contribution in [1.29, 1.82) is 0 Å². The number of esters is 1. The smallest absolute Gasteiger partial charge is 0.305 e. The topological polar surface area (TPSA) is 95.9 Å². The lowest BCUT2D eigenvalue weighted by Gasteiger charge is -2.20. The number of rotatable bonds is 72. The van der Waals surface area contributed by atoms with Gasteiger partial charge in [-0.3, -0.25) is 9.59 Å². The van der Waals surface area contributed by atoms with E-state index in [-0.39, 0.29) is 18.5 Å². The predicted molar refractivity (Wildman–Crippen MR) is 366 cm³/mol. The molecule has 0 fully saturated rings. The van der Waals surface area contributed by atoms with Crippen LogP contribution in [0.2, 0.25) is 0 Å². The minimum atomic E-state index is -0.844. The second-order valence-electron chi connectivity index (χ2n) is 26.3. The van der Waals surface area contributed by atoms with Crippen LogP contribution < -0.4 is 5.32 Å². The summed E-state index contributed by atoms with van der Waals surface area (Å²) >= 11 is 0. The molecule has 0 aliphatic carbocycles. The van der Waals surface area contributed by atoms with E-state index >= 15 is 0 Å². The number of amides is 1. The summed E-state index contributed by atoms with van der Waals surface area (Å²) < 4.78 is 5.50. The van der Waals surface area contributed by atoms with Crippen molar-refractivity contribution in [3.8, 4) is 0 Å². The summed E-state index contributed by atoms with van der Waals surface area (Å²) in [7, 11) is 0. The van der Waals surface area contributed by atoms with E-state index in [0.717, 1.165) is 38.5 Å². The molecule has 0 bridgehead atoms. The highest BCUT2D eigenvalue weighted by molar-refractivity contribution is 5.76. The van der Waals surface area contributed by atoms with Gasteiger partial charge in [-0.2, -0.15) is 0 Å². The summed E-state index contributed by atoms with van der Waals surface area (Å²) in [4.78, 5) is 24.6. The second kappa shape index (κ2) is 72.8. The number of carbonyl (C=O) groups is 2. The van der Waals surface area contributed by atoms with Gasteiger partial charge in [-0.25, -0.2) is 0 Å². The summed E-state index contributed by atoms with van der Waals surface area (Å²) in [6, 6.07) is -0.627. The normalized spacial score (nSPS) is 12.6. The second-order valence-corrected chi connectivity index (χ2v) is 26.3. The first-order valence-electron chi connectivity index (χ1n) is 38.1. The molecule has 492 valence electrons. The van der Waals surface area contributed by atoms with Gasteiger partial charge in [0.05, 0.1) is 25.4 Å². The van der Waals surface area contributed by atoms with Crippen LogP contribution in [-0.4, -0.2) is 47.4 Å². The number of hydrogen-bond acceptors (Lipinski definition) is 5. The molecule has 0 aliphatic rings. The quantitative estimate of drug-likeness (QED) is 0.0320. The highest BCUT2D eigenvalue weighted by atomic mass is 16.5. The standard InChI is InChI=1S/C77H149NO5/c1-3-5-7-9-11-13-15-17-19-20-21-33-36-39-42-45-49-53-57-61-65-69-75(80)74(73-79)78-76(81)70-66-62-58-54-50-46-43-40-37-34-31-29-27-25-23-22-24-26-28-30-32-35-38-41-44-48-52-56-60-64-68-72-83-77(82)71-67-63-59-55-51-47-18-16-14-12-10-8-6-4-2/h24,26,65,69,74-75,79-80H,3-23,25,27-64,66-68,70-73H2,1-2H3,(H,78,81)/b26-24-,69-65+. The molecule has 83 heavy (non-hydrogen) atoms. The maximum absolute atomic E-state index is 12.5. The Kier molecular flexibility index (Phi) is 71.4. The van der Waals surface area contributed by atoms with Crippen molar-refractivity contribution in [2.24, 2.45) is 0 Å². The summed E-state index contributed by atoms with van der Waals surface area (Å²) in [5.41, 5.74) is 0. The zero-order valence-corrected chi connectivity index (χ0v) is 56.5. The maximum Gasteiger partial charge on any atom is 0.305 e. The van der Waals surface area contributed by atoms with Crippen LogP contribution in [0.4, 0.5) is 0 Å². The van der Waals surface area contributed by atoms with Crippen LogP contribution in [0, 0.1) is 0 Å². The van der Waals surface area contributed by atoms with Crippen molar-refractivity contribution in [2.45, 2.75) is 443 Å². The molecule has 0 saturated heterocycles. The van der Waals surface area contributed by atoms with Crippen molar-refractivity contribution in [3.05, 3.63) is 24.3 Å². The Morgan fingerprint density at radius 2 is 0.566 bits per heavy atom. The van der Waals surface area contributed by atoms with E-state index < -0.39 is 12.1 Å². The molecule has 0 spiro atoms. The number of nitrogens with one attached hydrogen (secondary N) is 1. The van der Waals surface area contributed by atoms with Gasteiger partial charge in [0.1, 0.15) is 0 Å². The van der Waals surface area contributed by atoms with Crippen molar-refractivity contribution in [2.75, 3.05) is 13.2 Å². The van der Waals surface area contributed by atoms with Gasteiger partial charge in [-0.15, -0.1) is 0 Å². The van der Waals surface area contributed by atoms with Crippen molar-refractivity contribution in [1.82, 2.24) is 5.32 Å². The molecule has 0 heterocycles. The average molecular weight is 1170 g/mol. The first-order chi connectivity index (χ1) is 41.0. The minimum Gasteiger partial charge on any atom is -0.466 e. The molecule has 0 rings (SSSR count). The Morgan fingerprint density at radius 3 is 0.855 bits per heavy atom. The highest BCUT2D eigenvalue weighted by Crippen LogP contribution is 2.19. The van der Waals surface area contributed by atoms with Crippen LogP contribution in [0.25, 0.3) is 0 Å². The van der Waals surface area contributed by atoms with E-state index in [1.54, 1.807) is 6.08 Å². The molecule has 6 nitrogen and oxygen atoms in total. The molecule has 0 aromatic heterocycles. The van der Waals surface area contributed by atoms with E-state index in [0.29, 0.717) is 19.4 Å². The fourth-order valence-corrected chi connectivity index (χ4v) is 12.2. The zero-order chi connectivity index (χ0) is 59.9. The number of ether oxygens (including phenoxy) is 1. The lowest BCUT2D eigenvalue weighted by atomic mass is 10.0. The van der Waals surface area contributed by atoms with Gasteiger partial charge in [0.15, 0.2) is 0 Å². The number of unbranched alkanes of at least 4 members (excludes halogenated alkanes) is 59. The molecular weight excluding hydrogens is 1020 g/mol. The Labute approximate surface area is 520 Å². The summed E-state index contributed by atoms with van der Waals surface area (Å²) in [6.45, 7) is 4.95. The molecule has 0 aromatic rings. The molecule has 3 N–H and O–H groups in total. The summed E-state index contributed by atoms with van der Waals surface area (Å²) in [6.07, 6.45) is 92.8. The maximum atomic E-state index is 12.5. The average Bonchev–Trinajstić information content (AvgIpc) is 3.48. The van der Waals surface area contributed by atoms with E-state index in [4.69, 9.17) is 4.74 Å². The Hall–Kier alpha value is -1.66. The van der Waals surface area contributed by atoms with Crippen LogP contribution in [0.3, 0.4) is 0 Å². The summed E-state index contributed by atoms with van der Waals surface area (Å²) in [5.74, 6) is -0.0407. The van der Waals surface area contributed by atoms with E-state index in [9.17, 15) is 19.8 Å². The first-order valence-corrected chi connectivity index (χ1v) is 38.1. The molecule has 0 radical (unpaired) electrons. The van der Waals surface area contributed by atoms with E-state index in [1.807, 2.05) is 6.08 Å². The monoisotopic (exact) mass is 1170 g/mol.